The first-order valence-corrected chi connectivity index (χ1v) is 9.15. The van der Waals surface area contributed by atoms with E-state index in [2.05, 4.69) is 0 Å². The zero-order valence-corrected chi connectivity index (χ0v) is 16.1. The third-order valence-electron chi connectivity index (χ3n) is 6.46. The smallest absolute Gasteiger partial charge is 0.127 e. The van der Waals surface area contributed by atoms with E-state index in [-0.39, 0.29) is 38.5 Å². The van der Waals surface area contributed by atoms with E-state index < -0.39 is 34.6 Å². The van der Waals surface area contributed by atoms with E-state index in [4.69, 9.17) is 0 Å². The van der Waals surface area contributed by atoms with Gasteiger partial charge < -0.3 is 30.6 Å². The SMILES string of the molecule is CCC(O)(CC)[C@](O)(CC)[C@](O)(CC)[C@@](O)(CC)[C@](O)(CC)CO. The summed E-state index contributed by atoms with van der Waals surface area (Å²) >= 11 is 0. The van der Waals surface area contributed by atoms with E-state index in [1.54, 1.807) is 41.5 Å². The highest BCUT2D eigenvalue weighted by Gasteiger charge is 2.70. The maximum absolute atomic E-state index is 11.5. The molecule has 0 aromatic rings. The van der Waals surface area contributed by atoms with Crippen LogP contribution in [0.2, 0.25) is 0 Å². The zero-order valence-electron chi connectivity index (χ0n) is 16.1. The van der Waals surface area contributed by atoms with Crippen molar-refractivity contribution in [2.45, 2.75) is 108 Å². The number of aliphatic hydroxyl groups excluding tert-OH is 1. The molecule has 0 aromatic heterocycles. The lowest BCUT2D eigenvalue weighted by Crippen LogP contribution is -2.80. The summed E-state index contributed by atoms with van der Waals surface area (Å²) in [6.07, 6.45) is 0.0787. The molecule has 146 valence electrons. The predicted octanol–water partition coefficient (Wildman–Crippen LogP) is 1.09. The molecule has 0 rings (SSSR count). The molecule has 0 unspecified atom stereocenters. The van der Waals surface area contributed by atoms with Crippen LogP contribution in [0.15, 0.2) is 0 Å². The van der Waals surface area contributed by atoms with Crippen molar-refractivity contribution in [3.05, 3.63) is 0 Å². The highest BCUT2D eigenvalue weighted by Crippen LogP contribution is 2.51. The van der Waals surface area contributed by atoms with Crippen molar-refractivity contribution in [1.29, 1.82) is 0 Å². The van der Waals surface area contributed by atoms with E-state index in [0.717, 1.165) is 0 Å². The van der Waals surface area contributed by atoms with E-state index >= 15 is 0 Å². The van der Waals surface area contributed by atoms with Gasteiger partial charge in [-0.3, -0.25) is 0 Å². The summed E-state index contributed by atoms with van der Waals surface area (Å²) in [7, 11) is 0. The lowest BCUT2D eigenvalue weighted by molar-refractivity contribution is -0.343. The second-order valence-electron chi connectivity index (χ2n) is 6.92. The fourth-order valence-electron chi connectivity index (χ4n) is 4.31. The zero-order chi connectivity index (χ0) is 19.4. The van der Waals surface area contributed by atoms with E-state index in [0.29, 0.717) is 0 Å². The minimum Gasteiger partial charge on any atom is -0.393 e. The lowest BCUT2D eigenvalue weighted by atomic mass is 9.55. The molecule has 4 atom stereocenters. The van der Waals surface area contributed by atoms with Crippen molar-refractivity contribution < 1.29 is 30.6 Å². The molecule has 6 nitrogen and oxygen atoms in total. The summed E-state index contributed by atoms with van der Waals surface area (Å²) in [5.41, 5.74) is -10.2. The molecule has 6 heteroatoms. The van der Waals surface area contributed by atoms with Crippen LogP contribution < -0.4 is 0 Å². The Bertz CT molecular complexity index is 359. The largest absolute Gasteiger partial charge is 0.393 e. The Balaban J connectivity index is 6.70. The molecule has 0 aliphatic rings. The molecule has 0 aliphatic heterocycles. The van der Waals surface area contributed by atoms with E-state index in [1.165, 1.54) is 0 Å². The van der Waals surface area contributed by atoms with Gasteiger partial charge in [-0.05, 0) is 38.5 Å². The Morgan fingerprint density at radius 3 is 0.958 bits per heavy atom. The van der Waals surface area contributed by atoms with Gasteiger partial charge in [0.1, 0.15) is 22.4 Å². The number of rotatable bonds is 11. The minimum absolute atomic E-state index is 0.0212. The van der Waals surface area contributed by atoms with Crippen molar-refractivity contribution in [2.75, 3.05) is 6.61 Å². The van der Waals surface area contributed by atoms with Gasteiger partial charge in [0.05, 0.1) is 12.2 Å². The van der Waals surface area contributed by atoms with Crippen molar-refractivity contribution in [2.24, 2.45) is 0 Å². The van der Waals surface area contributed by atoms with Gasteiger partial charge >= 0.3 is 0 Å². The van der Waals surface area contributed by atoms with Crippen LogP contribution in [-0.2, 0) is 0 Å². The Hall–Kier alpha value is -0.240. The molecule has 0 bridgehead atoms. The van der Waals surface area contributed by atoms with Crippen LogP contribution in [0.1, 0.15) is 80.1 Å². The van der Waals surface area contributed by atoms with Crippen LogP contribution in [0, 0.1) is 0 Å². The van der Waals surface area contributed by atoms with Crippen molar-refractivity contribution >= 4 is 0 Å². The molecule has 0 heterocycles. The molecule has 6 N–H and O–H groups in total. The summed E-state index contributed by atoms with van der Waals surface area (Å²) in [5, 5.41) is 65.8. The van der Waals surface area contributed by atoms with Crippen LogP contribution in [0.5, 0.6) is 0 Å². The Kier molecular flexibility index (Phi) is 7.90. The first kappa shape index (κ1) is 23.8. The second-order valence-corrected chi connectivity index (χ2v) is 6.92. The lowest BCUT2D eigenvalue weighted by Gasteiger charge is -2.61. The third-order valence-corrected chi connectivity index (χ3v) is 6.46. The molecule has 0 fully saturated rings. The van der Waals surface area contributed by atoms with Crippen LogP contribution in [-0.4, -0.2) is 65.3 Å². The Morgan fingerprint density at radius 2 is 0.750 bits per heavy atom. The van der Waals surface area contributed by atoms with Gasteiger partial charge in [0, 0.05) is 0 Å². The molecule has 0 saturated heterocycles. The average Bonchev–Trinajstić information content (AvgIpc) is 2.63. The molecular formula is C18H38O6. The quantitative estimate of drug-likeness (QED) is 0.332. The van der Waals surface area contributed by atoms with Gasteiger partial charge in [-0.1, -0.05) is 41.5 Å². The monoisotopic (exact) mass is 350 g/mol. The van der Waals surface area contributed by atoms with Crippen molar-refractivity contribution in [3.8, 4) is 0 Å². The first-order valence-electron chi connectivity index (χ1n) is 9.15. The van der Waals surface area contributed by atoms with Crippen LogP contribution >= 0.6 is 0 Å². The predicted molar refractivity (Wildman–Crippen MR) is 93.6 cm³/mol. The van der Waals surface area contributed by atoms with Crippen LogP contribution in [0.4, 0.5) is 0 Å². The van der Waals surface area contributed by atoms with E-state index in [9.17, 15) is 30.6 Å². The second kappa shape index (κ2) is 7.98. The van der Waals surface area contributed by atoms with Gasteiger partial charge in [0.15, 0.2) is 0 Å². The highest BCUT2D eigenvalue weighted by molar-refractivity contribution is 5.22. The molecule has 0 amide bonds. The molecular weight excluding hydrogens is 312 g/mol. The van der Waals surface area contributed by atoms with Gasteiger partial charge in [0.2, 0.25) is 0 Å². The Labute approximate surface area is 146 Å². The van der Waals surface area contributed by atoms with Crippen LogP contribution in [0.25, 0.3) is 0 Å². The topological polar surface area (TPSA) is 121 Å². The van der Waals surface area contributed by atoms with Gasteiger partial charge in [-0.2, -0.15) is 0 Å². The third kappa shape index (κ3) is 2.91. The summed E-state index contributed by atoms with van der Waals surface area (Å²) in [4.78, 5) is 0. The first-order chi connectivity index (χ1) is 10.9. The average molecular weight is 350 g/mol. The normalized spacial score (nSPS) is 23.0. The summed E-state index contributed by atoms with van der Waals surface area (Å²) in [6.45, 7) is 8.99. The van der Waals surface area contributed by atoms with Gasteiger partial charge in [0.25, 0.3) is 0 Å². The molecule has 24 heavy (non-hydrogen) atoms. The molecule has 0 radical (unpaired) electrons. The highest BCUT2D eigenvalue weighted by atomic mass is 16.4. The van der Waals surface area contributed by atoms with Crippen molar-refractivity contribution in [1.82, 2.24) is 0 Å². The van der Waals surface area contributed by atoms with Gasteiger partial charge in [-0.25, -0.2) is 0 Å². The molecule has 0 spiro atoms. The molecule has 0 aliphatic carbocycles. The summed E-state index contributed by atoms with van der Waals surface area (Å²) in [6, 6.07) is 0. The standard InChI is InChI=1S/C18H38O6/c1-7-14(20,8-2)16(22,10-4)18(24,12-6)17(23,11-5)15(21,9-3)13-19/h19-24H,7-13H2,1-6H3/t15-,16+,17+,18+/m0/s1. The molecule has 0 aromatic carbocycles. The fraction of sp³-hybridized carbons (Fsp3) is 1.00. The van der Waals surface area contributed by atoms with E-state index in [1.807, 2.05) is 0 Å². The summed E-state index contributed by atoms with van der Waals surface area (Å²) < 4.78 is 0. The van der Waals surface area contributed by atoms with Crippen molar-refractivity contribution in [3.63, 3.8) is 0 Å². The van der Waals surface area contributed by atoms with Crippen LogP contribution in [0.3, 0.4) is 0 Å². The summed E-state index contributed by atoms with van der Waals surface area (Å²) in [5.74, 6) is 0. The molecule has 0 saturated carbocycles. The fourth-order valence-corrected chi connectivity index (χ4v) is 4.31. The maximum Gasteiger partial charge on any atom is 0.127 e. The van der Waals surface area contributed by atoms with Gasteiger partial charge in [-0.15, -0.1) is 0 Å². The Morgan fingerprint density at radius 1 is 0.458 bits per heavy atom. The minimum atomic E-state index is -2.22. The number of aliphatic hydroxyl groups is 6. The number of hydrogen-bond donors (Lipinski definition) is 6. The maximum atomic E-state index is 11.5. The number of hydrogen-bond acceptors (Lipinski definition) is 6.